The van der Waals surface area contributed by atoms with Gasteiger partial charge in [-0.1, -0.05) is 41.9 Å². The van der Waals surface area contributed by atoms with Crippen LogP contribution in [-0.4, -0.2) is 48.6 Å². The summed E-state index contributed by atoms with van der Waals surface area (Å²) in [6.07, 6.45) is -0.0463. The molecule has 2 aliphatic rings. The summed E-state index contributed by atoms with van der Waals surface area (Å²) in [6, 6.07) is 22.4. The van der Waals surface area contributed by atoms with E-state index in [-0.39, 0.29) is 12.3 Å². The van der Waals surface area contributed by atoms with Crippen molar-refractivity contribution in [1.82, 2.24) is 9.88 Å². The number of carbonyl (C=O) groups excluding carboxylic acids is 1. The number of aromatic nitrogens is 1. The maximum atomic E-state index is 13.4. The number of nitrogens with zero attached hydrogens (tertiary/aromatic N) is 1. The fraction of sp³-hybridized carbons (Fsp3) is 0.250. The van der Waals surface area contributed by atoms with Gasteiger partial charge in [-0.3, -0.25) is 4.90 Å². The van der Waals surface area contributed by atoms with E-state index >= 15 is 0 Å². The molecule has 184 valence electrons. The summed E-state index contributed by atoms with van der Waals surface area (Å²) in [4.78, 5) is 18.7. The number of rotatable bonds is 5. The monoisotopic (exact) mass is 504 g/mol. The van der Waals surface area contributed by atoms with Gasteiger partial charge < -0.3 is 23.9 Å². The standard InChI is InChI=1S/C28H25ClN2O5/c29-19-8-11-24-23(16-19)22-12-13-31(28(32)36-21-4-2-1-3-5-21)27(26(22)30-24)18-6-9-20(10-7-18)35-17-25-33-14-15-34-25/h1-11,16,25,27,30H,12-15,17H2. The Bertz CT molecular complexity index is 1370. The van der Waals surface area contributed by atoms with Gasteiger partial charge in [-0.25, -0.2) is 4.79 Å². The van der Waals surface area contributed by atoms with Crippen LogP contribution in [-0.2, 0) is 15.9 Å². The third-order valence-electron chi connectivity index (χ3n) is 6.54. The predicted octanol–water partition coefficient (Wildman–Crippen LogP) is 5.72. The van der Waals surface area contributed by atoms with Crippen molar-refractivity contribution in [2.75, 3.05) is 26.4 Å². The van der Waals surface area contributed by atoms with Gasteiger partial charge in [0.15, 0.2) is 6.29 Å². The van der Waals surface area contributed by atoms with Gasteiger partial charge in [0.2, 0.25) is 0 Å². The van der Waals surface area contributed by atoms with Gasteiger partial charge in [0.1, 0.15) is 24.1 Å². The molecule has 0 bridgehead atoms. The number of halogens is 1. The third-order valence-corrected chi connectivity index (χ3v) is 6.78. The van der Waals surface area contributed by atoms with Crippen molar-refractivity contribution in [3.63, 3.8) is 0 Å². The van der Waals surface area contributed by atoms with Gasteiger partial charge in [0.25, 0.3) is 0 Å². The van der Waals surface area contributed by atoms with Crippen LogP contribution >= 0.6 is 11.6 Å². The van der Waals surface area contributed by atoms with E-state index in [1.165, 1.54) is 0 Å². The molecule has 3 heterocycles. The average Bonchev–Trinajstić information content (AvgIpc) is 3.55. The Morgan fingerprint density at radius 3 is 2.56 bits per heavy atom. The Labute approximate surface area is 213 Å². The molecule has 7 nitrogen and oxygen atoms in total. The summed E-state index contributed by atoms with van der Waals surface area (Å²) in [5.74, 6) is 1.21. The molecule has 1 unspecified atom stereocenters. The van der Waals surface area contributed by atoms with Crippen LogP contribution in [0.5, 0.6) is 11.5 Å². The predicted molar refractivity (Wildman–Crippen MR) is 136 cm³/mol. The molecule has 1 N–H and O–H groups in total. The minimum Gasteiger partial charge on any atom is -0.488 e. The highest BCUT2D eigenvalue weighted by Gasteiger charge is 2.35. The van der Waals surface area contributed by atoms with E-state index in [0.29, 0.717) is 49.3 Å². The number of aromatic amines is 1. The van der Waals surface area contributed by atoms with E-state index in [1.54, 1.807) is 17.0 Å². The van der Waals surface area contributed by atoms with Gasteiger partial charge in [-0.05, 0) is 60.0 Å². The van der Waals surface area contributed by atoms with E-state index in [1.807, 2.05) is 60.7 Å². The third kappa shape index (κ3) is 4.53. The molecular weight excluding hydrogens is 480 g/mol. The zero-order valence-electron chi connectivity index (χ0n) is 19.5. The molecule has 4 aromatic rings. The smallest absolute Gasteiger partial charge is 0.416 e. The van der Waals surface area contributed by atoms with Crippen molar-refractivity contribution in [2.24, 2.45) is 0 Å². The Kier molecular flexibility index (Phi) is 6.27. The number of ether oxygens (including phenoxy) is 4. The molecule has 8 heteroatoms. The molecule has 1 fully saturated rings. The fourth-order valence-corrected chi connectivity index (χ4v) is 5.04. The molecule has 1 saturated heterocycles. The van der Waals surface area contributed by atoms with Crippen LogP contribution in [0.2, 0.25) is 5.02 Å². The van der Waals surface area contributed by atoms with Crippen LogP contribution in [0.15, 0.2) is 72.8 Å². The number of amides is 1. The van der Waals surface area contributed by atoms with Gasteiger partial charge in [-0.2, -0.15) is 0 Å². The fourth-order valence-electron chi connectivity index (χ4n) is 4.87. The van der Waals surface area contributed by atoms with Crippen molar-refractivity contribution in [1.29, 1.82) is 0 Å². The molecule has 0 aliphatic carbocycles. The number of para-hydroxylation sites is 1. The lowest BCUT2D eigenvalue weighted by atomic mass is 9.92. The minimum atomic E-state index is -0.399. The van der Waals surface area contributed by atoms with Crippen molar-refractivity contribution < 1.29 is 23.7 Å². The van der Waals surface area contributed by atoms with Gasteiger partial charge in [0.05, 0.1) is 13.2 Å². The second kappa shape index (κ2) is 9.85. The summed E-state index contributed by atoms with van der Waals surface area (Å²) in [5, 5.41) is 1.76. The summed E-state index contributed by atoms with van der Waals surface area (Å²) in [5.41, 5.74) is 4.06. The number of H-pyrrole nitrogens is 1. The van der Waals surface area contributed by atoms with Crippen LogP contribution in [0.3, 0.4) is 0 Å². The highest BCUT2D eigenvalue weighted by atomic mass is 35.5. The number of hydrogen-bond donors (Lipinski definition) is 1. The topological polar surface area (TPSA) is 73.0 Å². The lowest BCUT2D eigenvalue weighted by molar-refractivity contribution is -0.0684. The summed E-state index contributed by atoms with van der Waals surface area (Å²) in [7, 11) is 0. The molecule has 0 radical (unpaired) electrons. The summed E-state index contributed by atoms with van der Waals surface area (Å²) >= 11 is 6.30. The Hall–Kier alpha value is -3.52. The number of fused-ring (bicyclic) bond motifs is 3. The largest absolute Gasteiger partial charge is 0.488 e. The first-order valence-electron chi connectivity index (χ1n) is 12.0. The first-order valence-corrected chi connectivity index (χ1v) is 12.3. The molecule has 0 saturated carbocycles. The molecule has 1 amide bonds. The average molecular weight is 505 g/mol. The van der Waals surface area contributed by atoms with Crippen LogP contribution < -0.4 is 9.47 Å². The summed E-state index contributed by atoms with van der Waals surface area (Å²) in [6.45, 7) is 2.01. The van der Waals surface area contributed by atoms with E-state index in [4.69, 9.17) is 30.5 Å². The molecule has 36 heavy (non-hydrogen) atoms. The Morgan fingerprint density at radius 2 is 1.78 bits per heavy atom. The lowest BCUT2D eigenvalue weighted by Crippen LogP contribution is -2.42. The summed E-state index contributed by atoms with van der Waals surface area (Å²) < 4.78 is 22.5. The second-order valence-corrected chi connectivity index (χ2v) is 9.22. The van der Waals surface area contributed by atoms with E-state index in [9.17, 15) is 4.79 Å². The molecule has 1 aromatic heterocycles. The molecule has 3 aromatic carbocycles. The van der Waals surface area contributed by atoms with E-state index in [0.717, 1.165) is 27.7 Å². The van der Waals surface area contributed by atoms with Crippen molar-refractivity contribution >= 4 is 28.6 Å². The molecular formula is C28H25ClN2O5. The van der Waals surface area contributed by atoms with Crippen molar-refractivity contribution in [3.8, 4) is 11.5 Å². The Morgan fingerprint density at radius 1 is 1.00 bits per heavy atom. The van der Waals surface area contributed by atoms with Crippen molar-refractivity contribution in [3.05, 3.63) is 94.6 Å². The Balaban J connectivity index is 1.33. The molecule has 0 spiro atoms. The second-order valence-electron chi connectivity index (χ2n) is 8.79. The van der Waals surface area contributed by atoms with Gasteiger partial charge in [0, 0.05) is 28.2 Å². The molecule has 6 rings (SSSR count). The van der Waals surface area contributed by atoms with Crippen LogP contribution in [0.4, 0.5) is 4.79 Å². The maximum absolute atomic E-state index is 13.4. The van der Waals surface area contributed by atoms with Gasteiger partial charge >= 0.3 is 6.09 Å². The minimum absolute atomic E-state index is 0.325. The lowest BCUT2D eigenvalue weighted by Gasteiger charge is -2.35. The first kappa shape index (κ1) is 22.9. The first-order chi connectivity index (χ1) is 17.7. The van der Waals surface area contributed by atoms with E-state index < -0.39 is 6.09 Å². The number of hydrogen-bond acceptors (Lipinski definition) is 5. The SMILES string of the molecule is O=C(Oc1ccccc1)N1CCc2c([nH]c3ccc(Cl)cc23)C1c1ccc(OCC2OCCO2)cc1. The normalized spacial score (nSPS) is 17.8. The van der Waals surface area contributed by atoms with Gasteiger partial charge in [-0.15, -0.1) is 0 Å². The molecule has 1 atom stereocenters. The quantitative estimate of drug-likeness (QED) is 0.376. The number of carbonyl (C=O) groups is 1. The maximum Gasteiger partial charge on any atom is 0.416 e. The number of benzene rings is 3. The van der Waals surface area contributed by atoms with E-state index in [2.05, 4.69) is 4.98 Å². The highest BCUT2D eigenvalue weighted by molar-refractivity contribution is 6.31. The van der Waals surface area contributed by atoms with Crippen LogP contribution in [0.1, 0.15) is 22.9 Å². The van der Waals surface area contributed by atoms with Crippen molar-refractivity contribution in [2.45, 2.75) is 18.8 Å². The number of nitrogens with one attached hydrogen (secondary N) is 1. The van der Waals surface area contributed by atoms with Crippen LogP contribution in [0, 0.1) is 0 Å². The highest BCUT2D eigenvalue weighted by Crippen LogP contribution is 2.40. The zero-order valence-corrected chi connectivity index (χ0v) is 20.2. The molecule has 2 aliphatic heterocycles. The zero-order chi connectivity index (χ0) is 24.5. The van der Waals surface area contributed by atoms with Crippen LogP contribution in [0.25, 0.3) is 10.9 Å².